The summed E-state index contributed by atoms with van der Waals surface area (Å²) in [6.45, 7) is 6.35. The molecule has 0 radical (unpaired) electrons. The molecule has 4 nitrogen and oxygen atoms in total. The number of fused-ring (bicyclic) bond motifs is 1. The zero-order valence-corrected chi connectivity index (χ0v) is 10.1. The van der Waals surface area contributed by atoms with E-state index in [1.165, 1.54) is 0 Å². The zero-order valence-electron chi connectivity index (χ0n) is 10.1. The summed E-state index contributed by atoms with van der Waals surface area (Å²) in [6, 6.07) is 0.411. The number of hydrogen-bond donors (Lipinski definition) is 1. The van der Waals surface area contributed by atoms with Gasteiger partial charge in [0.05, 0.1) is 5.92 Å². The maximum absolute atomic E-state index is 12.0. The second kappa shape index (κ2) is 5.64. The summed E-state index contributed by atoms with van der Waals surface area (Å²) in [5.74, 6) is 0.606. The van der Waals surface area contributed by atoms with E-state index in [9.17, 15) is 4.79 Å². The molecule has 0 bridgehead atoms. The number of piperidine rings is 1. The molecule has 1 amide bonds. The number of nitrogens with one attached hydrogen (secondary N) is 1. The topological polar surface area (TPSA) is 41.6 Å². The summed E-state index contributed by atoms with van der Waals surface area (Å²) in [5, 5.41) is 3.45. The Balaban J connectivity index is 1.76. The van der Waals surface area contributed by atoms with Gasteiger partial charge in [-0.1, -0.05) is 0 Å². The monoisotopic (exact) mass is 226 g/mol. The van der Waals surface area contributed by atoms with Gasteiger partial charge in [0.25, 0.3) is 0 Å². The minimum Gasteiger partial charge on any atom is -0.382 e. The van der Waals surface area contributed by atoms with Crippen molar-refractivity contribution in [2.45, 2.75) is 32.2 Å². The van der Waals surface area contributed by atoms with Crippen molar-refractivity contribution >= 4 is 5.91 Å². The lowest BCUT2D eigenvalue weighted by molar-refractivity contribution is -0.131. The van der Waals surface area contributed by atoms with Crippen LogP contribution in [0.4, 0.5) is 0 Å². The fourth-order valence-corrected chi connectivity index (χ4v) is 2.71. The lowest BCUT2D eigenvalue weighted by Gasteiger charge is -2.23. The van der Waals surface area contributed by atoms with Gasteiger partial charge in [-0.3, -0.25) is 4.79 Å². The van der Waals surface area contributed by atoms with Crippen molar-refractivity contribution in [1.29, 1.82) is 0 Å². The van der Waals surface area contributed by atoms with Crippen LogP contribution in [0.25, 0.3) is 0 Å². The first-order valence-corrected chi connectivity index (χ1v) is 6.43. The fourth-order valence-electron chi connectivity index (χ4n) is 2.71. The average Bonchev–Trinajstić information content (AvgIpc) is 2.63. The van der Waals surface area contributed by atoms with Crippen molar-refractivity contribution in [3.63, 3.8) is 0 Å². The number of amides is 1. The molecule has 16 heavy (non-hydrogen) atoms. The minimum absolute atomic E-state index is 0.251. The predicted octanol–water partition coefficient (Wildman–Crippen LogP) is 0.623. The van der Waals surface area contributed by atoms with E-state index in [-0.39, 0.29) is 5.92 Å². The number of carbonyl (C=O) groups is 1. The highest BCUT2D eigenvalue weighted by Gasteiger charge is 2.40. The number of carbonyl (C=O) groups excluding carboxylic acids is 1. The van der Waals surface area contributed by atoms with Gasteiger partial charge in [-0.15, -0.1) is 0 Å². The van der Waals surface area contributed by atoms with Crippen molar-refractivity contribution < 1.29 is 9.53 Å². The molecule has 0 aliphatic carbocycles. The van der Waals surface area contributed by atoms with Gasteiger partial charge in [0, 0.05) is 32.3 Å². The third-order valence-corrected chi connectivity index (χ3v) is 3.55. The SMILES string of the molecule is CCOCCCN1CC2NCCCC2C1=O. The summed E-state index contributed by atoms with van der Waals surface area (Å²) in [5.41, 5.74) is 0. The first-order chi connectivity index (χ1) is 7.83. The predicted molar refractivity (Wildman–Crippen MR) is 62.2 cm³/mol. The molecule has 2 atom stereocenters. The molecule has 4 heteroatoms. The Morgan fingerprint density at radius 1 is 1.56 bits per heavy atom. The number of rotatable bonds is 5. The Kier molecular flexibility index (Phi) is 4.18. The molecule has 0 aromatic rings. The molecule has 2 aliphatic heterocycles. The maximum atomic E-state index is 12.0. The second-order valence-electron chi connectivity index (χ2n) is 4.64. The van der Waals surface area contributed by atoms with E-state index in [1.807, 2.05) is 11.8 Å². The third kappa shape index (κ3) is 2.55. The number of ether oxygens (including phenoxy) is 1. The second-order valence-corrected chi connectivity index (χ2v) is 4.64. The summed E-state index contributed by atoms with van der Waals surface area (Å²) in [7, 11) is 0. The van der Waals surface area contributed by atoms with E-state index in [0.717, 1.165) is 52.1 Å². The van der Waals surface area contributed by atoms with E-state index in [0.29, 0.717) is 11.9 Å². The molecular formula is C12H22N2O2. The average molecular weight is 226 g/mol. The lowest BCUT2D eigenvalue weighted by Crippen LogP contribution is -2.41. The molecule has 92 valence electrons. The van der Waals surface area contributed by atoms with Gasteiger partial charge in [-0.05, 0) is 32.7 Å². The Morgan fingerprint density at radius 3 is 3.19 bits per heavy atom. The van der Waals surface area contributed by atoms with Gasteiger partial charge in [-0.25, -0.2) is 0 Å². The third-order valence-electron chi connectivity index (χ3n) is 3.55. The standard InChI is InChI=1S/C12H22N2O2/c1-2-16-8-4-7-14-9-11-10(12(14)15)5-3-6-13-11/h10-11,13H,2-9H2,1H3. The van der Waals surface area contributed by atoms with E-state index < -0.39 is 0 Å². The highest BCUT2D eigenvalue weighted by atomic mass is 16.5. The summed E-state index contributed by atoms with van der Waals surface area (Å²) < 4.78 is 5.29. The van der Waals surface area contributed by atoms with Crippen LogP contribution < -0.4 is 5.32 Å². The molecule has 0 aromatic carbocycles. The van der Waals surface area contributed by atoms with Gasteiger partial charge in [-0.2, -0.15) is 0 Å². The van der Waals surface area contributed by atoms with E-state index in [1.54, 1.807) is 0 Å². The molecule has 2 aliphatic rings. The quantitative estimate of drug-likeness (QED) is 0.699. The van der Waals surface area contributed by atoms with Crippen LogP contribution >= 0.6 is 0 Å². The van der Waals surface area contributed by atoms with E-state index in [2.05, 4.69) is 5.32 Å². The van der Waals surface area contributed by atoms with Crippen LogP contribution in [-0.2, 0) is 9.53 Å². The van der Waals surface area contributed by atoms with Crippen LogP contribution in [0.5, 0.6) is 0 Å². The van der Waals surface area contributed by atoms with Crippen LogP contribution in [-0.4, -0.2) is 49.7 Å². The van der Waals surface area contributed by atoms with Crippen molar-refractivity contribution in [2.75, 3.05) is 32.8 Å². The summed E-state index contributed by atoms with van der Waals surface area (Å²) in [4.78, 5) is 14.1. The molecule has 2 heterocycles. The first kappa shape index (κ1) is 11.9. The van der Waals surface area contributed by atoms with Gasteiger partial charge in [0.15, 0.2) is 0 Å². The van der Waals surface area contributed by atoms with Crippen LogP contribution in [0.1, 0.15) is 26.2 Å². The zero-order chi connectivity index (χ0) is 11.4. The van der Waals surface area contributed by atoms with Crippen LogP contribution in [0.3, 0.4) is 0 Å². The number of likely N-dealkylation sites (tertiary alicyclic amines) is 1. The number of hydrogen-bond acceptors (Lipinski definition) is 3. The highest BCUT2D eigenvalue weighted by Crippen LogP contribution is 2.26. The van der Waals surface area contributed by atoms with Crippen LogP contribution in [0.2, 0.25) is 0 Å². The Hall–Kier alpha value is -0.610. The van der Waals surface area contributed by atoms with E-state index >= 15 is 0 Å². The molecule has 0 aromatic heterocycles. The van der Waals surface area contributed by atoms with Crippen molar-refractivity contribution in [3.8, 4) is 0 Å². The first-order valence-electron chi connectivity index (χ1n) is 6.43. The molecule has 1 N–H and O–H groups in total. The van der Waals surface area contributed by atoms with Gasteiger partial charge in [0.2, 0.25) is 5.91 Å². The Labute approximate surface area is 97.3 Å². The van der Waals surface area contributed by atoms with Crippen molar-refractivity contribution in [2.24, 2.45) is 5.92 Å². The highest BCUT2D eigenvalue weighted by molar-refractivity contribution is 5.82. The molecule has 0 spiro atoms. The number of nitrogens with zero attached hydrogens (tertiary/aromatic N) is 1. The maximum Gasteiger partial charge on any atom is 0.227 e. The molecule has 2 saturated heterocycles. The molecule has 2 unspecified atom stereocenters. The summed E-state index contributed by atoms with van der Waals surface area (Å²) >= 11 is 0. The molecule has 0 saturated carbocycles. The minimum atomic E-state index is 0.251. The van der Waals surface area contributed by atoms with Crippen molar-refractivity contribution in [3.05, 3.63) is 0 Å². The van der Waals surface area contributed by atoms with Crippen molar-refractivity contribution in [1.82, 2.24) is 10.2 Å². The molecular weight excluding hydrogens is 204 g/mol. The lowest BCUT2D eigenvalue weighted by atomic mass is 9.94. The molecule has 2 fully saturated rings. The van der Waals surface area contributed by atoms with Gasteiger partial charge < -0.3 is 15.0 Å². The Bertz CT molecular complexity index is 245. The normalized spacial score (nSPS) is 29.6. The summed E-state index contributed by atoms with van der Waals surface area (Å²) in [6.07, 6.45) is 3.16. The fraction of sp³-hybridized carbons (Fsp3) is 0.917. The van der Waals surface area contributed by atoms with Gasteiger partial charge in [0.1, 0.15) is 0 Å². The smallest absolute Gasteiger partial charge is 0.227 e. The largest absolute Gasteiger partial charge is 0.382 e. The molecule has 2 rings (SSSR count). The van der Waals surface area contributed by atoms with Crippen LogP contribution in [0.15, 0.2) is 0 Å². The van der Waals surface area contributed by atoms with Crippen LogP contribution in [0, 0.1) is 5.92 Å². The van der Waals surface area contributed by atoms with E-state index in [4.69, 9.17) is 4.74 Å². The van der Waals surface area contributed by atoms with Gasteiger partial charge >= 0.3 is 0 Å². The Morgan fingerprint density at radius 2 is 2.44 bits per heavy atom.